The lowest BCUT2D eigenvalue weighted by Crippen LogP contribution is -2.33. The Morgan fingerprint density at radius 3 is 2.19 bits per heavy atom. The first-order chi connectivity index (χ1) is 7.32. The van der Waals surface area contributed by atoms with Crippen molar-refractivity contribution in [2.45, 2.75) is 40.2 Å². The van der Waals surface area contributed by atoms with Gasteiger partial charge in [0.1, 0.15) is 6.17 Å². The third kappa shape index (κ3) is 7.03. The van der Waals surface area contributed by atoms with Gasteiger partial charge in [0.2, 0.25) is 6.29 Å². The number of alkyl halides is 1. The number of carbonyl (C=O) groups excluding carboxylic acids is 2. The summed E-state index contributed by atoms with van der Waals surface area (Å²) in [6.45, 7) is 5.92. The van der Waals surface area contributed by atoms with Crippen LogP contribution in [-0.2, 0) is 14.3 Å². The first kappa shape index (κ1) is 14.7. The average molecular weight is 235 g/mol. The van der Waals surface area contributed by atoms with Crippen LogP contribution in [0.4, 0.5) is 9.18 Å². The summed E-state index contributed by atoms with van der Waals surface area (Å²) in [5.41, 5.74) is 0. The molecule has 0 aliphatic rings. The van der Waals surface area contributed by atoms with Crippen LogP contribution in [0, 0.1) is 5.92 Å². The molecule has 2 atom stereocenters. The van der Waals surface area contributed by atoms with Crippen LogP contribution in [0.2, 0.25) is 0 Å². The van der Waals surface area contributed by atoms with E-state index < -0.39 is 24.5 Å². The zero-order valence-corrected chi connectivity index (χ0v) is 9.95. The average Bonchev–Trinajstić information content (AvgIpc) is 2.14. The number of amides is 1. The van der Waals surface area contributed by atoms with E-state index in [0.717, 1.165) is 0 Å². The lowest BCUT2D eigenvalue weighted by molar-refractivity contribution is -0.168. The van der Waals surface area contributed by atoms with Gasteiger partial charge in [-0.15, -0.1) is 0 Å². The molecule has 16 heavy (non-hydrogen) atoms. The maximum absolute atomic E-state index is 12.4. The van der Waals surface area contributed by atoms with Crippen molar-refractivity contribution in [2.75, 3.05) is 6.54 Å². The summed E-state index contributed by atoms with van der Waals surface area (Å²) < 4.78 is 21.8. The van der Waals surface area contributed by atoms with Crippen molar-refractivity contribution >= 4 is 12.1 Å². The first-order valence-corrected chi connectivity index (χ1v) is 5.12. The standard InChI is InChI=1S/C10H18FNO4/c1-6(2)9(13)15-8(4)16-10(14)12-5-7(3)11/h6-8H,5H2,1-4H3,(H,12,14)/t7-,8?/m1/s1. The normalized spacial score (nSPS) is 14.1. The number of esters is 1. The Hall–Kier alpha value is -1.33. The van der Waals surface area contributed by atoms with E-state index in [9.17, 15) is 14.0 Å². The summed E-state index contributed by atoms with van der Waals surface area (Å²) in [5, 5.41) is 2.19. The molecule has 6 heteroatoms. The minimum absolute atomic E-state index is 0.135. The summed E-state index contributed by atoms with van der Waals surface area (Å²) in [5.74, 6) is -0.751. The highest BCUT2D eigenvalue weighted by Gasteiger charge is 2.16. The van der Waals surface area contributed by atoms with Gasteiger partial charge in [-0.3, -0.25) is 4.79 Å². The highest BCUT2D eigenvalue weighted by Crippen LogP contribution is 2.01. The van der Waals surface area contributed by atoms with Crippen LogP contribution in [0.3, 0.4) is 0 Å². The number of nitrogens with one attached hydrogen (secondary N) is 1. The van der Waals surface area contributed by atoms with Gasteiger partial charge in [-0.05, 0) is 6.92 Å². The molecule has 1 N–H and O–H groups in total. The Balaban J connectivity index is 3.82. The van der Waals surface area contributed by atoms with E-state index in [2.05, 4.69) is 10.1 Å². The maximum atomic E-state index is 12.4. The van der Waals surface area contributed by atoms with Gasteiger partial charge in [-0.25, -0.2) is 9.18 Å². The fraction of sp³-hybridized carbons (Fsp3) is 0.800. The molecule has 0 fully saturated rings. The molecule has 0 saturated carbocycles. The molecular formula is C10H18FNO4. The fourth-order valence-corrected chi connectivity index (χ4v) is 0.740. The molecule has 0 aliphatic carbocycles. The van der Waals surface area contributed by atoms with Crippen LogP contribution >= 0.6 is 0 Å². The van der Waals surface area contributed by atoms with Gasteiger partial charge in [0.25, 0.3) is 0 Å². The van der Waals surface area contributed by atoms with Crippen LogP contribution in [-0.4, -0.2) is 31.1 Å². The van der Waals surface area contributed by atoms with Crippen molar-refractivity contribution in [1.82, 2.24) is 5.32 Å². The van der Waals surface area contributed by atoms with Crippen molar-refractivity contribution in [1.29, 1.82) is 0 Å². The molecule has 0 spiro atoms. The molecule has 94 valence electrons. The number of carbonyl (C=O) groups is 2. The lowest BCUT2D eigenvalue weighted by Gasteiger charge is -2.15. The summed E-state index contributed by atoms with van der Waals surface area (Å²) in [6.07, 6.45) is -2.94. The van der Waals surface area contributed by atoms with Gasteiger partial charge in [0.05, 0.1) is 12.5 Å². The molecule has 5 nitrogen and oxygen atoms in total. The van der Waals surface area contributed by atoms with Crippen molar-refractivity contribution in [3.05, 3.63) is 0 Å². The Kier molecular flexibility index (Phi) is 6.44. The van der Waals surface area contributed by atoms with E-state index in [4.69, 9.17) is 4.74 Å². The SMILES string of the molecule is CC(OC(=O)NC[C@@H](C)F)OC(=O)C(C)C. The molecule has 0 radical (unpaired) electrons. The predicted octanol–water partition coefficient (Wildman–Crippen LogP) is 1.62. The molecule has 1 unspecified atom stereocenters. The second-order valence-corrected chi connectivity index (χ2v) is 3.73. The smallest absolute Gasteiger partial charge is 0.410 e. The maximum Gasteiger partial charge on any atom is 0.410 e. The zero-order valence-electron chi connectivity index (χ0n) is 9.95. The van der Waals surface area contributed by atoms with Gasteiger partial charge in [-0.2, -0.15) is 0 Å². The Morgan fingerprint density at radius 1 is 1.19 bits per heavy atom. The molecule has 0 bridgehead atoms. The third-order valence-corrected chi connectivity index (χ3v) is 1.55. The molecule has 0 aromatic carbocycles. The quantitative estimate of drug-likeness (QED) is 0.581. The van der Waals surface area contributed by atoms with Crippen LogP contribution in [0.1, 0.15) is 27.7 Å². The second-order valence-electron chi connectivity index (χ2n) is 3.73. The van der Waals surface area contributed by atoms with Crippen LogP contribution in [0.25, 0.3) is 0 Å². The monoisotopic (exact) mass is 235 g/mol. The van der Waals surface area contributed by atoms with E-state index in [0.29, 0.717) is 0 Å². The molecule has 0 aliphatic heterocycles. The van der Waals surface area contributed by atoms with E-state index in [1.165, 1.54) is 13.8 Å². The third-order valence-electron chi connectivity index (χ3n) is 1.55. The topological polar surface area (TPSA) is 64.6 Å². The number of hydrogen-bond acceptors (Lipinski definition) is 4. The molecule has 0 aromatic rings. The van der Waals surface area contributed by atoms with Crippen LogP contribution in [0.15, 0.2) is 0 Å². The number of alkyl carbamates (subject to hydrolysis) is 1. The molecule has 0 saturated heterocycles. The predicted molar refractivity (Wildman–Crippen MR) is 55.4 cm³/mol. The van der Waals surface area contributed by atoms with Crippen molar-refractivity contribution in [3.8, 4) is 0 Å². The Bertz CT molecular complexity index is 243. The number of hydrogen-bond donors (Lipinski definition) is 1. The van der Waals surface area contributed by atoms with E-state index in [-0.39, 0.29) is 12.5 Å². The Labute approximate surface area is 94.3 Å². The zero-order chi connectivity index (χ0) is 12.7. The summed E-state index contributed by atoms with van der Waals surface area (Å²) >= 11 is 0. The highest BCUT2D eigenvalue weighted by molar-refractivity contribution is 5.72. The largest absolute Gasteiger partial charge is 0.425 e. The van der Waals surface area contributed by atoms with Gasteiger partial charge < -0.3 is 14.8 Å². The number of rotatable bonds is 5. The van der Waals surface area contributed by atoms with Gasteiger partial charge >= 0.3 is 12.1 Å². The molecular weight excluding hydrogens is 217 g/mol. The van der Waals surface area contributed by atoms with Crippen molar-refractivity contribution in [2.24, 2.45) is 5.92 Å². The highest BCUT2D eigenvalue weighted by atomic mass is 19.1. The van der Waals surface area contributed by atoms with Crippen LogP contribution in [0.5, 0.6) is 0 Å². The summed E-state index contributed by atoms with van der Waals surface area (Å²) in [6, 6.07) is 0. The summed E-state index contributed by atoms with van der Waals surface area (Å²) in [7, 11) is 0. The Morgan fingerprint density at radius 2 is 1.75 bits per heavy atom. The van der Waals surface area contributed by atoms with E-state index in [1.807, 2.05) is 0 Å². The number of halogens is 1. The van der Waals surface area contributed by atoms with E-state index >= 15 is 0 Å². The minimum Gasteiger partial charge on any atom is -0.425 e. The molecule has 0 aromatic heterocycles. The fourth-order valence-electron chi connectivity index (χ4n) is 0.740. The van der Waals surface area contributed by atoms with Gasteiger partial charge in [0.15, 0.2) is 0 Å². The van der Waals surface area contributed by atoms with Crippen molar-refractivity contribution in [3.63, 3.8) is 0 Å². The number of ether oxygens (including phenoxy) is 2. The molecule has 1 amide bonds. The van der Waals surface area contributed by atoms with Gasteiger partial charge in [-0.1, -0.05) is 13.8 Å². The lowest BCUT2D eigenvalue weighted by atomic mass is 10.2. The molecule has 0 rings (SSSR count). The minimum atomic E-state index is -1.15. The summed E-state index contributed by atoms with van der Waals surface area (Å²) in [4.78, 5) is 22.1. The van der Waals surface area contributed by atoms with Crippen LogP contribution < -0.4 is 5.32 Å². The van der Waals surface area contributed by atoms with E-state index in [1.54, 1.807) is 13.8 Å². The first-order valence-electron chi connectivity index (χ1n) is 5.12. The van der Waals surface area contributed by atoms with Gasteiger partial charge in [0, 0.05) is 6.92 Å². The molecule has 0 heterocycles. The van der Waals surface area contributed by atoms with Crippen molar-refractivity contribution < 1.29 is 23.5 Å². The second kappa shape index (κ2) is 7.03.